The number of H-pyrrole nitrogens is 1. The Kier molecular flexibility index (Phi) is 15.0. The van der Waals surface area contributed by atoms with Gasteiger partial charge in [0.2, 0.25) is 0 Å². The van der Waals surface area contributed by atoms with E-state index in [1.807, 2.05) is 61.7 Å². The molecule has 0 bridgehead atoms. The molecule has 1 fully saturated rings. The summed E-state index contributed by atoms with van der Waals surface area (Å²) in [5, 5.41) is 24.2. The van der Waals surface area contributed by atoms with Gasteiger partial charge in [-0.25, -0.2) is 14.4 Å². The Hall–Kier alpha value is -4.84. The number of carbonyl (C=O) groups excluding carboxylic acids is 1. The average Bonchev–Trinajstić information content (AvgIpc) is 3.57. The molecule has 18 heteroatoms. The molecule has 12 nitrogen and oxygen atoms in total. The van der Waals surface area contributed by atoms with E-state index in [2.05, 4.69) is 20.4 Å². The number of carboxylic acids is 2. The van der Waals surface area contributed by atoms with Crippen molar-refractivity contribution >= 4 is 23.7 Å². The third kappa shape index (κ3) is 14.0. The van der Waals surface area contributed by atoms with Crippen LogP contribution in [0.15, 0.2) is 60.9 Å². The van der Waals surface area contributed by atoms with E-state index in [9.17, 15) is 31.1 Å². The molecule has 2 amide bonds. The molecule has 2 aromatic carbocycles. The predicted molar refractivity (Wildman–Crippen MR) is 156 cm³/mol. The number of amides is 2. The second-order valence-corrected chi connectivity index (χ2v) is 9.54. The number of urea groups is 1. The summed E-state index contributed by atoms with van der Waals surface area (Å²) in [5.41, 5.74) is 3.68. The first kappa shape index (κ1) is 38.3. The first-order chi connectivity index (χ1) is 22.1. The summed E-state index contributed by atoms with van der Waals surface area (Å²) in [5.74, 6) is -4.87. The quantitative estimate of drug-likeness (QED) is 0.226. The predicted octanol–water partition coefficient (Wildman–Crippen LogP) is 5.11. The highest BCUT2D eigenvalue weighted by Gasteiger charge is 2.38. The Morgan fingerprint density at radius 3 is 2.09 bits per heavy atom. The molecule has 4 N–H and O–H groups in total. The van der Waals surface area contributed by atoms with Crippen LogP contribution in [0.25, 0.3) is 11.1 Å². The van der Waals surface area contributed by atoms with E-state index in [0.717, 1.165) is 49.5 Å². The lowest BCUT2D eigenvalue weighted by Crippen LogP contribution is -2.38. The van der Waals surface area contributed by atoms with Crippen molar-refractivity contribution < 1.29 is 60.4 Å². The fraction of sp³-hybridized carbons (Fsp3) is 0.379. The van der Waals surface area contributed by atoms with Gasteiger partial charge in [0.25, 0.3) is 0 Å². The van der Waals surface area contributed by atoms with Gasteiger partial charge in [-0.2, -0.15) is 31.4 Å². The van der Waals surface area contributed by atoms with Crippen LogP contribution in [0.4, 0.5) is 36.8 Å². The van der Waals surface area contributed by atoms with E-state index >= 15 is 0 Å². The number of alkyl halides is 6. The Bertz CT molecular complexity index is 1380. The second kappa shape index (κ2) is 18.3. The zero-order valence-corrected chi connectivity index (χ0v) is 25.0. The van der Waals surface area contributed by atoms with Crippen LogP contribution in [0.2, 0.25) is 0 Å². The van der Waals surface area contributed by atoms with Gasteiger partial charge in [0.1, 0.15) is 12.4 Å². The number of halogens is 6. The van der Waals surface area contributed by atoms with E-state index < -0.39 is 24.3 Å². The fourth-order valence-electron chi connectivity index (χ4n) is 3.77. The largest absolute Gasteiger partial charge is 0.490 e. The molecular formula is C29H33F6N5O7. The SMILES string of the molecule is CCN(Cc1ccccc1)C(=O)Nc1ccc(-c2cn[nH]c2)cc1OCCN1CCOCC1.O=C(O)C(F)(F)F.O=C(O)C(F)(F)F. The van der Waals surface area contributed by atoms with Gasteiger partial charge in [0.15, 0.2) is 0 Å². The number of rotatable bonds is 9. The number of hydrogen-bond donors (Lipinski definition) is 4. The Morgan fingerprint density at radius 1 is 0.979 bits per heavy atom. The highest BCUT2D eigenvalue weighted by Crippen LogP contribution is 2.31. The first-order valence-electron chi connectivity index (χ1n) is 13.9. The maximum atomic E-state index is 13.1. The van der Waals surface area contributed by atoms with Crippen LogP contribution in [0.5, 0.6) is 5.75 Å². The van der Waals surface area contributed by atoms with Crippen molar-refractivity contribution in [2.75, 3.05) is 51.3 Å². The van der Waals surface area contributed by atoms with Crippen LogP contribution in [0.1, 0.15) is 12.5 Å². The van der Waals surface area contributed by atoms with Crippen molar-refractivity contribution in [3.63, 3.8) is 0 Å². The number of aliphatic carboxylic acids is 2. The zero-order valence-electron chi connectivity index (χ0n) is 25.0. The van der Waals surface area contributed by atoms with Crippen LogP contribution < -0.4 is 10.1 Å². The Labute approximate surface area is 264 Å². The smallest absolute Gasteiger partial charge is 0.490 e. The Balaban J connectivity index is 0.000000459. The van der Waals surface area contributed by atoms with Gasteiger partial charge in [-0.3, -0.25) is 10.00 Å². The summed E-state index contributed by atoms with van der Waals surface area (Å²) >= 11 is 0. The maximum absolute atomic E-state index is 13.1. The molecule has 1 saturated heterocycles. The minimum absolute atomic E-state index is 0.157. The van der Waals surface area contributed by atoms with Gasteiger partial charge in [0, 0.05) is 44.5 Å². The van der Waals surface area contributed by atoms with Gasteiger partial charge in [-0.05, 0) is 30.2 Å². The maximum Gasteiger partial charge on any atom is 0.490 e. The molecule has 47 heavy (non-hydrogen) atoms. The molecule has 1 aromatic heterocycles. The molecule has 0 atom stereocenters. The van der Waals surface area contributed by atoms with Crippen molar-refractivity contribution in [1.29, 1.82) is 0 Å². The number of hydrogen-bond acceptors (Lipinski definition) is 7. The highest BCUT2D eigenvalue weighted by molar-refractivity contribution is 5.91. The topological polar surface area (TPSA) is 157 Å². The van der Waals surface area contributed by atoms with Crippen molar-refractivity contribution in [3.05, 3.63) is 66.5 Å². The summed E-state index contributed by atoms with van der Waals surface area (Å²) in [7, 11) is 0. The first-order valence-corrected chi connectivity index (χ1v) is 13.9. The van der Waals surface area contributed by atoms with Crippen LogP contribution in [0.3, 0.4) is 0 Å². The highest BCUT2D eigenvalue weighted by atomic mass is 19.4. The van der Waals surface area contributed by atoms with Gasteiger partial charge in [-0.1, -0.05) is 36.4 Å². The molecular weight excluding hydrogens is 644 g/mol. The minimum atomic E-state index is -5.08. The van der Waals surface area contributed by atoms with Gasteiger partial charge >= 0.3 is 30.3 Å². The molecule has 0 unspecified atom stereocenters. The van der Waals surface area contributed by atoms with E-state index in [-0.39, 0.29) is 6.03 Å². The summed E-state index contributed by atoms with van der Waals surface area (Å²) < 4.78 is 75.1. The third-order valence-corrected chi connectivity index (χ3v) is 6.19. The van der Waals surface area contributed by atoms with Crippen molar-refractivity contribution in [1.82, 2.24) is 20.0 Å². The molecule has 1 aliphatic rings. The van der Waals surface area contributed by atoms with Gasteiger partial charge in [0.05, 0.1) is 25.1 Å². The third-order valence-electron chi connectivity index (χ3n) is 6.19. The lowest BCUT2D eigenvalue weighted by Gasteiger charge is -2.26. The van der Waals surface area contributed by atoms with E-state index in [0.29, 0.717) is 31.1 Å². The summed E-state index contributed by atoms with van der Waals surface area (Å²) in [4.78, 5) is 34.9. The molecule has 0 spiro atoms. The lowest BCUT2D eigenvalue weighted by atomic mass is 10.1. The Morgan fingerprint density at radius 2 is 1.57 bits per heavy atom. The normalized spacial score (nSPS) is 13.3. The summed E-state index contributed by atoms with van der Waals surface area (Å²) in [6.45, 7) is 7.78. The minimum Gasteiger partial charge on any atom is -0.490 e. The molecule has 3 aromatic rings. The molecule has 0 saturated carbocycles. The number of benzene rings is 2. The summed E-state index contributed by atoms with van der Waals surface area (Å²) in [6.07, 6.45) is -6.56. The molecule has 258 valence electrons. The number of aromatic amines is 1. The standard InChI is InChI=1S/C25H31N5O3.2C2HF3O2/c1-2-30(19-20-6-4-3-5-7-20)25(31)28-23-9-8-21(22-17-26-27-18-22)16-24(23)33-15-12-29-10-13-32-14-11-29;2*3-2(4,5)1(6)7/h3-9,16-18H,2,10-15,19H2,1H3,(H,26,27)(H,28,31);2*(H,6,7). The molecule has 4 rings (SSSR count). The van der Waals surface area contributed by atoms with Crippen LogP contribution in [-0.4, -0.2) is 107 Å². The average molecular weight is 678 g/mol. The van der Waals surface area contributed by atoms with Crippen LogP contribution in [0, 0.1) is 0 Å². The number of aromatic nitrogens is 2. The van der Waals surface area contributed by atoms with Crippen molar-refractivity contribution in [2.45, 2.75) is 25.8 Å². The monoisotopic (exact) mass is 677 g/mol. The lowest BCUT2D eigenvalue weighted by molar-refractivity contribution is -0.193. The molecule has 1 aliphatic heterocycles. The fourth-order valence-corrected chi connectivity index (χ4v) is 3.77. The molecule has 0 radical (unpaired) electrons. The van der Waals surface area contributed by atoms with Crippen LogP contribution in [-0.2, 0) is 20.9 Å². The molecule has 0 aliphatic carbocycles. The van der Waals surface area contributed by atoms with Crippen molar-refractivity contribution in [3.8, 4) is 16.9 Å². The number of carbonyl (C=O) groups is 3. The molecule has 2 heterocycles. The number of carboxylic acid groups (broad SMARTS) is 2. The van der Waals surface area contributed by atoms with Crippen molar-refractivity contribution in [2.24, 2.45) is 0 Å². The van der Waals surface area contributed by atoms with Gasteiger partial charge in [-0.15, -0.1) is 0 Å². The second-order valence-electron chi connectivity index (χ2n) is 9.54. The van der Waals surface area contributed by atoms with E-state index in [4.69, 9.17) is 29.3 Å². The van der Waals surface area contributed by atoms with Gasteiger partial charge < -0.3 is 29.9 Å². The number of morpholine rings is 1. The van der Waals surface area contributed by atoms with E-state index in [1.54, 1.807) is 11.1 Å². The number of nitrogens with zero attached hydrogens (tertiary/aromatic N) is 3. The van der Waals surface area contributed by atoms with E-state index in [1.165, 1.54) is 0 Å². The summed E-state index contributed by atoms with van der Waals surface area (Å²) in [6, 6.07) is 15.6. The van der Waals surface area contributed by atoms with Crippen LogP contribution >= 0.6 is 0 Å². The zero-order chi connectivity index (χ0) is 35.0. The number of ether oxygens (including phenoxy) is 2. The number of anilines is 1. The number of nitrogens with one attached hydrogen (secondary N) is 2.